The highest BCUT2D eigenvalue weighted by Gasteiger charge is 2.30. The lowest BCUT2D eigenvalue weighted by Gasteiger charge is -2.21. The summed E-state index contributed by atoms with van der Waals surface area (Å²) >= 11 is 0. The molecule has 0 amide bonds. The molecule has 0 radical (unpaired) electrons. The molecule has 6 atom stereocenters. The van der Waals surface area contributed by atoms with E-state index in [1.54, 1.807) is 0 Å². The average Bonchev–Trinajstić information content (AvgIpc) is 2.54. The number of carbonyl (C=O) groups is 4. The van der Waals surface area contributed by atoms with Crippen LogP contribution in [-0.2, 0) is 65.4 Å². The fraction of sp³-hybridized carbons (Fsp3) is 0.892. The number of allylic oxidation sites excluding steroid dienone is 4. The van der Waals surface area contributed by atoms with Crippen LogP contribution in [0.1, 0.15) is 356 Å². The summed E-state index contributed by atoms with van der Waals surface area (Å²) in [4.78, 5) is 72.5. The average molecular weight is 1360 g/mol. The fourth-order valence-electron chi connectivity index (χ4n) is 10.7. The fourth-order valence-corrected chi connectivity index (χ4v) is 12.3. The Labute approximate surface area is 567 Å². The van der Waals surface area contributed by atoms with Gasteiger partial charge in [-0.3, -0.25) is 37.3 Å². The molecule has 0 aromatic heterocycles. The maximum absolute atomic E-state index is 13.1. The molecular formula is C74H140O17P2. The van der Waals surface area contributed by atoms with Crippen molar-refractivity contribution in [3.8, 4) is 0 Å². The molecule has 0 aromatic rings. The number of unbranched alkanes of at least 4 members (excludes halogenated alkanes) is 37. The predicted molar refractivity (Wildman–Crippen MR) is 377 cm³/mol. The van der Waals surface area contributed by atoms with Gasteiger partial charge in [-0.15, -0.1) is 0 Å². The zero-order chi connectivity index (χ0) is 68.6. The van der Waals surface area contributed by atoms with Crippen molar-refractivity contribution in [3.05, 3.63) is 24.3 Å². The second-order valence-corrected chi connectivity index (χ2v) is 29.6. The Bertz CT molecular complexity index is 1900. The lowest BCUT2D eigenvalue weighted by molar-refractivity contribution is -0.161. The second-order valence-electron chi connectivity index (χ2n) is 26.7. The molecule has 3 unspecified atom stereocenters. The van der Waals surface area contributed by atoms with Crippen molar-refractivity contribution in [3.63, 3.8) is 0 Å². The molecule has 93 heavy (non-hydrogen) atoms. The van der Waals surface area contributed by atoms with Gasteiger partial charge >= 0.3 is 39.5 Å². The van der Waals surface area contributed by atoms with Crippen LogP contribution >= 0.6 is 15.6 Å². The SMILES string of the molecule is CCCCCC/C=C\C=C/CCCCCCCC(=O)OC[C@H](COP(=O)(O)OC[C@@H](O)COP(=O)(O)OC[C@@H](COC(=O)CCCCCCCCC)OC(=O)CCCCCCCCC(C)CC)OC(=O)CCCCCCCCCCCCCCCCCCCCC(C)C. The van der Waals surface area contributed by atoms with Gasteiger partial charge in [0.15, 0.2) is 12.2 Å². The van der Waals surface area contributed by atoms with Crippen LogP contribution in [0.5, 0.6) is 0 Å². The summed E-state index contributed by atoms with van der Waals surface area (Å²) in [6, 6.07) is 0. The molecule has 0 aliphatic rings. The Kier molecular flexibility index (Phi) is 63.7. The number of phosphoric ester groups is 2. The maximum atomic E-state index is 13.1. The Morgan fingerprint density at radius 1 is 0.355 bits per heavy atom. The van der Waals surface area contributed by atoms with Crippen LogP contribution in [0.4, 0.5) is 0 Å². The number of ether oxygens (including phenoxy) is 4. The van der Waals surface area contributed by atoms with Gasteiger partial charge in [0.1, 0.15) is 19.3 Å². The highest BCUT2D eigenvalue weighted by molar-refractivity contribution is 7.47. The van der Waals surface area contributed by atoms with Crippen LogP contribution in [0.15, 0.2) is 24.3 Å². The number of hydrogen-bond donors (Lipinski definition) is 3. The normalized spacial score (nSPS) is 14.5. The van der Waals surface area contributed by atoms with Crippen molar-refractivity contribution in [1.29, 1.82) is 0 Å². The van der Waals surface area contributed by atoms with E-state index in [-0.39, 0.29) is 25.7 Å². The number of phosphoric acid groups is 2. The Balaban J connectivity index is 5.20. The van der Waals surface area contributed by atoms with E-state index in [1.165, 1.54) is 141 Å². The number of rotatable bonds is 71. The summed E-state index contributed by atoms with van der Waals surface area (Å²) in [6.45, 7) is 9.45. The molecule has 0 aliphatic carbocycles. The molecular weight excluding hydrogens is 1220 g/mol. The van der Waals surface area contributed by atoms with Gasteiger partial charge in [0.05, 0.1) is 26.4 Å². The van der Waals surface area contributed by atoms with Crippen molar-refractivity contribution in [2.45, 2.75) is 374 Å². The van der Waals surface area contributed by atoms with E-state index >= 15 is 0 Å². The van der Waals surface area contributed by atoms with Crippen LogP contribution in [0, 0.1) is 11.8 Å². The Morgan fingerprint density at radius 2 is 0.634 bits per heavy atom. The summed E-state index contributed by atoms with van der Waals surface area (Å²) in [5.74, 6) is -0.620. The molecule has 0 saturated carbocycles. The van der Waals surface area contributed by atoms with E-state index in [2.05, 4.69) is 65.8 Å². The van der Waals surface area contributed by atoms with Crippen molar-refractivity contribution >= 4 is 39.5 Å². The lowest BCUT2D eigenvalue weighted by Crippen LogP contribution is -2.30. The third kappa shape index (κ3) is 66.6. The monoisotopic (exact) mass is 1360 g/mol. The van der Waals surface area contributed by atoms with Gasteiger partial charge in [0.25, 0.3) is 0 Å². The minimum atomic E-state index is -4.96. The molecule has 0 fully saturated rings. The third-order valence-electron chi connectivity index (χ3n) is 16.9. The number of carbonyl (C=O) groups excluding carboxylic acids is 4. The van der Waals surface area contributed by atoms with Crippen molar-refractivity contribution in [2.75, 3.05) is 39.6 Å². The van der Waals surface area contributed by atoms with Gasteiger partial charge < -0.3 is 33.8 Å². The molecule has 0 aromatic carbocycles. The topological polar surface area (TPSA) is 237 Å². The van der Waals surface area contributed by atoms with Gasteiger partial charge in [0.2, 0.25) is 0 Å². The molecule has 0 bridgehead atoms. The van der Waals surface area contributed by atoms with E-state index in [1.807, 2.05) is 0 Å². The van der Waals surface area contributed by atoms with E-state index in [0.29, 0.717) is 25.7 Å². The van der Waals surface area contributed by atoms with Crippen molar-refractivity contribution in [2.24, 2.45) is 11.8 Å². The van der Waals surface area contributed by atoms with Crippen LogP contribution in [-0.4, -0.2) is 96.7 Å². The summed E-state index contributed by atoms with van der Waals surface area (Å²) < 4.78 is 68.2. The van der Waals surface area contributed by atoms with Crippen LogP contribution in [0.3, 0.4) is 0 Å². The van der Waals surface area contributed by atoms with E-state index in [9.17, 15) is 43.2 Å². The number of aliphatic hydroxyl groups is 1. The minimum Gasteiger partial charge on any atom is -0.462 e. The molecule has 0 saturated heterocycles. The highest BCUT2D eigenvalue weighted by Crippen LogP contribution is 2.45. The third-order valence-corrected chi connectivity index (χ3v) is 18.8. The lowest BCUT2D eigenvalue weighted by atomic mass is 10.00. The first kappa shape index (κ1) is 90.5. The Morgan fingerprint density at radius 3 is 0.968 bits per heavy atom. The van der Waals surface area contributed by atoms with Crippen LogP contribution < -0.4 is 0 Å². The van der Waals surface area contributed by atoms with Gasteiger partial charge in [-0.25, -0.2) is 9.13 Å². The smallest absolute Gasteiger partial charge is 0.462 e. The minimum absolute atomic E-state index is 0.100. The molecule has 548 valence electrons. The van der Waals surface area contributed by atoms with Crippen molar-refractivity contribution in [1.82, 2.24) is 0 Å². The van der Waals surface area contributed by atoms with Crippen LogP contribution in [0.2, 0.25) is 0 Å². The molecule has 3 N–H and O–H groups in total. The highest BCUT2D eigenvalue weighted by atomic mass is 31.2. The van der Waals surface area contributed by atoms with Crippen LogP contribution in [0.25, 0.3) is 0 Å². The first-order valence-electron chi connectivity index (χ1n) is 37.8. The van der Waals surface area contributed by atoms with Gasteiger partial charge in [-0.1, -0.05) is 303 Å². The van der Waals surface area contributed by atoms with E-state index in [4.69, 9.17) is 37.0 Å². The van der Waals surface area contributed by atoms with E-state index < -0.39 is 97.5 Å². The van der Waals surface area contributed by atoms with Gasteiger partial charge in [-0.05, 0) is 63.2 Å². The largest absolute Gasteiger partial charge is 0.472 e. The summed E-state index contributed by atoms with van der Waals surface area (Å²) in [5, 5.41) is 10.6. The van der Waals surface area contributed by atoms with Crippen molar-refractivity contribution < 1.29 is 80.2 Å². The van der Waals surface area contributed by atoms with Gasteiger partial charge in [-0.2, -0.15) is 0 Å². The number of esters is 4. The molecule has 17 nitrogen and oxygen atoms in total. The van der Waals surface area contributed by atoms with Gasteiger partial charge in [0, 0.05) is 25.7 Å². The second kappa shape index (κ2) is 65.5. The standard InChI is InChI=1S/C74H140O17P2/c1-7-10-12-14-16-17-18-19-24-28-31-34-38-45-51-57-72(77)85-63-69(90-73(78)58-52-46-39-35-32-29-26-23-21-20-22-25-27-30-33-37-42-48-54-66(4)5)64-88-92(80,81)86-60-68(75)61-87-93(82,83)89-65-70(62-84-71(76)56-50-44-36-15-13-11-8-2)91-74(79)59-53-47-41-40-43-49-55-67(6)9-3/h17-19,24,66-70,75H,7-16,20-23,25-65H2,1-6H3,(H,80,81)(H,82,83)/b18-17-,24-19-/t67?,68-,69-,70-/m1/s1. The first-order chi connectivity index (χ1) is 44.9. The quantitative estimate of drug-likeness (QED) is 0.0169. The first-order valence-corrected chi connectivity index (χ1v) is 40.8. The Hall–Kier alpha value is -2.46. The zero-order valence-corrected chi connectivity index (χ0v) is 61.8. The molecule has 0 aliphatic heterocycles. The molecule has 0 spiro atoms. The molecule has 19 heteroatoms. The maximum Gasteiger partial charge on any atom is 0.472 e. The summed E-state index contributed by atoms with van der Waals surface area (Å²) in [7, 11) is -9.91. The molecule has 0 rings (SSSR count). The van der Waals surface area contributed by atoms with E-state index in [0.717, 1.165) is 134 Å². The summed E-state index contributed by atoms with van der Waals surface area (Å²) in [6.07, 6.45) is 55.2. The zero-order valence-electron chi connectivity index (χ0n) is 60.0. The number of aliphatic hydroxyl groups excluding tert-OH is 1. The predicted octanol–water partition coefficient (Wildman–Crippen LogP) is 21.1. The summed E-state index contributed by atoms with van der Waals surface area (Å²) in [5.41, 5.74) is 0. The number of hydrogen-bond acceptors (Lipinski definition) is 15. The molecule has 0 heterocycles.